The largest absolute Gasteiger partial charge is 0.390 e. The first-order chi connectivity index (χ1) is 3.21. The Bertz CT molecular complexity index is 162. The van der Waals surface area contributed by atoms with Gasteiger partial charge in [0, 0.05) is 0 Å². The molecule has 0 aromatic carbocycles. The van der Waals surface area contributed by atoms with E-state index >= 15 is 0 Å². The minimum atomic E-state index is -3.16. The van der Waals surface area contributed by atoms with Crippen molar-refractivity contribution in [3.63, 3.8) is 0 Å². The van der Waals surface area contributed by atoms with Crippen LogP contribution in [0.25, 0.3) is 0 Å². The quantitative estimate of drug-likeness (QED) is 0.418. The lowest BCUT2D eigenvalue weighted by molar-refractivity contribution is 0.458. The summed E-state index contributed by atoms with van der Waals surface area (Å²) in [5.41, 5.74) is 0. The van der Waals surface area contributed by atoms with Crippen LogP contribution in [-0.2, 0) is 14.3 Å². The van der Waals surface area contributed by atoms with Gasteiger partial charge in [0.2, 0.25) is 0 Å². The summed E-state index contributed by atoms with van der Waals surface area (Å²) in [5, 5.41) is 0. The predicted molar refractivity (Wildman–Crippen MR) is 24.0 cm³/mol. The monoisotopic (exact) mass is 120 g/mol. The molecule has 0 spiro atoms. The third kappa shape index (κ3) is 0.928. The summed E-state index contributed by atoms with van der Waals surface area (Å²) in [6, 6.07) is 0. The van der Waals surface area contributed by atoms with E-state index in [0.29, 0.717) is 0 Å². The highest BCUT2D eigenvalue weighted by atomic mass is 32.2. The lowest BCUT2D eigenvalue weighted by Gasteiger charge is -1.86. The summed E-state index contributed by atoms with van der Waals surface area (Å²) >= 11 is 0. The molecule has 0 amide bonds. The van der Waals surface area contributed by atoms with Crippen molar-refractivity contribution in [1.29, 1.82) is 0 Å². The van der Waals surface area contributed by atoms with Crippen molar-refractivity contribution in [1.82, 2.24) is 0 Å². The maximum Gasteiger partial charge on any atom is 0.312 e. The molecule has 0 N–H and O–H groups in total. The van der Waals surface area contributed by atoms with Gasteiger partial charge >= 0.3 is 10.1 Å². The Labute approximate surface area is 41.7 Å². The van der Waals surface area contributed by atoms with Crippen LogP contribution in [0.5, 0.6) is 0 Å². The van der Waals surface area contributed by atoms with Crippen molar-refractivity contribution in [3.8, 4) is 0 Å². The van der Waals surface area contributed by atoms with E-state index in [-0.39, 0.29) is 5.75 Å². The fraction of sp³-hybridized carbons (Fsp3) is 0.333. The minimum absolute atomic E-state index is 0.0208. The molecule has 3 nitrogen and oxygen atoms in total. The maximum atomic E-state index is 10.1. The van der Waals surface area contributed by atoms with Crippen LogP contribution in [0, 0.1) is 0 Å². The van der Waals surface area contributed by atoms with Gasteiger partial charge in [0.15, 0.2) is 0 Å². The fourth-order valence-electron chi connectivity index (χ4n) is 0.320. The van der Waals surface area contributed by atoms with Crippen LogP contribution in [0.3, 0.4) is 0 Å². The standard InChI is InChI=1S/C3H4O3S/c4-7(5)3-1-2-6-7/h1-2H,3H2. The van der Waals surface area contributed by atoms with Gasteiger partial charge in [-0.05, 0) is 6.08 Å². The normalized spacial score (nSPS) is 24.6. The van der Waals surface area contributed by atoms with E-state index < -0.39 is 10.1 Å². The topological polar surface area (TPSA) is 43.4 Å². The zero-order valence-corrected chi connectivity index (χ0v) is 4.31. The van der Waals surface area contributed by atoms with E-state index in [2.05, 4.69) is 4.18 Å². The molecule has 4 heteroatoms. The summed E-state index contributed by atoms with van der Waals surface area (Å²) in [6.45, 7) is 0. The lowest BCUT2D eigenvalue weighted by atomic mass is 10.7. The maximum absolute atomic E-state index is 10.1. The van der Waals surface area contributed by atoms with E-state index in [0.717, 1.165) is 0 Å². The molecule has 0 saturated heterocycles. The number of rotatable bonds is 0. The van der Waals surface area contributed by atoms with Crippen LogP contribution in [0.4, 0.5) is 0 Å². The first-order valence-corrected chi connectivity index (χ1v) is 3.34. The van der Waals surface area contributed by atoms with Gasteiger partial charge in [-0.3, -0.25) is 0 Å². The highest BCUT2D eigenvalue weighted by Gasteiger charge is 2.10. The van der Waals surface area contributed by atoms with Gasteiger partial charge in [0.1, 0.15) is 12.0 Å². The van der Waals surface area contributed by atoms with Gasteiger partial charge in [-0.15, -0.1) is 0 Å². The lowest BCUT2D eigenvalue weighted by Crippen LogP contribution is -1.97. The second-order valence-corrected chi connectivity index (χ2v) is 2.83. The van der Waals surface area contributed by atoms with Gasteiger partial charge in [-0.25, -0.2) is 0 Å². The first kappa shape index (κ1) is 4.64. The second-order valence-electron chi connectivity index (χ2n) is 1.19. The molecule has 0 aliphatic carbocycles. The van der Waals surface area contributed by atoms with E-state index in [4.69, 9.17) is 0 Å². The molecule has 0 aromatic heterocycles. The van der Waals surface area contributed by atoms with Crippen molar-refractivity contribution < 1.29 is 12.6 Å². The molecule has 1 heterocycles. The molecule has 1 rings (SSSR count). The number of hydrogen-bond donors (Lipinski definition) is 0. The molecule has 1 aliphatic heterocycles. The molecular weight excluding hydrogens is 116 g/mol. The van der Waals surface area contributed by atoms with Crippen LogP contribution in [0.1, 0.15) is 0 Å². The molecule has 0 saturated carbocycles. The Morgan fingerprint density at radius 2 is 2.29 bits per heavy atom. The Kier molecular flexibility index (Phi) is 0.815. The van der Waals surface area contributed by atoms with Crippen molar-refractivity contribution >= 4 is 10.1 Å². The second kappa shape index (κ2) is 1.23. The molecule has 7 heavy (non-hydrogen) atoms. The van der Waals surface area contributed by atoms with Gasteiger partial charge in [-0.1, -0.05) is 0 Å². The zero-order chi connectivity index (χ0) is 5.33. The Hall–Kier alpha value is -0.510. The van der Waals surface area contributed by atoms with Crippen LogP contribution in [0.2, 0.25) is 0 Å². The minimum Gasteiger partial charge on any atom is -0.390 e. The van der Waals surface area contributed by atoms with Crippen molar-refractivity contribution in [2.45, 2.75) is 0 Å². The zero-order valence-electron chi connectivity index (χ0n) is 3.49. The van der Waals surface area contributed by atoms with Crippen LogP contribution >= 0.6 is 0 Å². The smallest absolute Gasteiger partial charge is 0.312 e. The predicted octanol–water partition coefficient (Wildman–Crippen LogP) is -0.140. The van der Waals surface area contributed by atoms with Gasteiger partial charge in [0.25, 0.3) is 0 Å². The van der Waals surface area contributed by atoms with E-state index in [1.54, 1.807) is 0 Å². The molecule has 1 aliphatic rings. The molecule has 40 valence electrons. The summed E-state index contributed by atoms with van der Waals surface area (Å²) < 4.78 is 24.4. The summed E-state index contributed by atoms with van der Waals surface area (Å²) in [6.07, 6.45) is 2.63. The molecule has 0 radical (unpaired) electrons. The molecule has 0 unspecified atom stereocenters. The van der Waals surface area contributed by atoms with Crippen LogP contribution in [-0.4, -0.2) is 14.2 Å². The van der Waals surface area contributed by atoms with E-state index in [1.165, 1.54) is 12.3 Å². The van der Waals surface area contributed by atoms with Crippen molar-refractivity contribution in [2.24, 2.45) is 0 Å². The Balaban J connectivity index is 2.88. The highest BCUT2D eigenvalue weighted by molar-refractivity contribution is 7.87. The summed E-state index contributed by atoms with van der Waals surface area (Å²) in [5.74, 6) is 0.0208. The third-order valence-corrected chi connectivity index (χ3v) is 1.60. The molecule has 0 aromatic rings. The Morgan fingerprint density at radius 1 is 1.57 bits per heavy atom. The molecular formula is C3H4O3S. The fourth-order valence-corrected chi connectivity index (χ4v) is 0.961. The SMILES string of the molecule is O=S1(=O)CC=CO1. The molecule has 0 fully saturated rings. The first-order valence-electron chi connectivity index (χ1n) is 1.77. The van der Waals surface area contributed by atoms with Gasteiger partial charge < -0.3 is 4.18 Å². The van der Waals surface area contributed by atoms with Gasteiger partial charge in [0.05, 0.1) is 0 Å². The molecule has 0 atom stereocenters. The summed E-state index contributed by atoms with van der Waals surface area (Å²) in [4.78, 5) is 0. The average molecular weight is 120 g/mol. The average Bonchev–Trinajstić information content (AvgIpc) is 1.84. The molecule has 0 bridgehead atoms. The van der Waals surface area contributed by atoms with Crippen LogP contribution < -0.4 is 0 Å². The van der Waals surface area contributed by atoms with Gasteiger partial charge in [-0.2, -0.15) is 8.42 Å². The van der Waals surface area contributed by atoms with E-state index in [9.17, 15) is 8.42 Å². The summed E-state index contributed by atoms with van der Waals surface area (Å²) in [7, 11) is -3.16. The Morgan fingerprint density at radius 3 is 2.43 bits per heavy atom. The number of hydrogen-bond acceptors (Lipinski definition) is 3. The highest BCUT2D eigenvalue weighted by Crippen LogP contribution is 2.01. The third-order valence-electron chi connectivity index (χ3n) is 0.599. The van der Waals surface area contributed by atoms with Crippen molar-refractivity contribution in [3.05, 3.63) is 12.3 Å². The van der Waals surface area contributed by atoms with Crippen molar-refractivity contribution in [2.75, 3.05) is 5.75 Å². The van der Waals surface area contributed by atoms with E-state index in [1.807, 2.05) is 0 Å². The van der Waals surface area contributed by atoms with Crippen LogP contribution in [0.15, 0.2) is 12.3 Å².